The summed E-state index contributed by atoms with van der Waals surface area (Å²) in [5, 5.41) is 3.96. The van der Waals surface area contributed by atoms with Gasteiger partial charge in [-0.3, -0.25) is 0 Å². The van der Waals surface area contributed by atoms with Crippen LogP contribution in [0.25, 0.3) is 0 Å². The van der Waals surface area contributed by atoms with Crippen LogP contribution in [0.4, 0.5) is 0 Å². The highest BCUT2D eigenvalue weighted by Crippen LogP contribution is 2.52. The third-order valence-corrected chi connectivity index (χ3v) is 5.81. The van der Waals surface area contributed by atoms with Crippen molar-refractivity contribution in [1.29, 1.82) is 0 Å². The second-order valence-corrected chi connectivity index (χ2v) is 6.94. The Balaban J connectivity index is 1.85. The van der Waals surface area contributed by atoms with Crippen LogP contribution in [0, 0.1) is 23.7 Å². The smallest absolute Gasteiger partial charge is 0.0235 e. The van der Waals surface area contributed by atoms with Gasteiger partial charge in [0.05, 0.1) is 0 Å². The fourth-order valence-electron chi connectivity index (χ4n) is 5.19. The normalized spacial score (nSPS) is 52.9. The number of piperidine rings is 1. The lowest BCUT2D eigenvalue weighted by molar-refractivity contribution is -0.0172. The highest BCUT2D eigenvalue weighted by atomic mass is 15.0. The summed E-state index contributed by atoms with van der Waals surface area (Å²) in [6, 6.07) is 0. The van der Waals surface area contributed by atoms with Gasteiger partial charge in [0.2, 0.25) is 0 Å². The maximum absolute atomic E-state index is 3.96. The van der Waals surface area contributed by atoms with Crippen molar-refractivity contribution in [2.45, 2.75) is 64.3 Å². The number of nitrogens with one attached hydrogen (secondary N) is 1. The van der Waals surface area contributed by atoms with Gasteiger partial charge in [-0.25, -0.2) is 0 Å². The second-order valence-electron chi connectivity index (χ2n) is 6.94. The van der Waals surface area contributed by atoms with E-state index in [0.717, 1.165) is 23.7 Å². The molecule has 1 heteroatoms. The maximum atomic E-state index is 3.96. The van der Waals surface area contributed by atoms with Crippen LogP contribution in [-0.2, 0) is 0 Å². The lowest BCUT2D eigenvalue weighted by atomic mass is 9.54. The van der Waals surface area contributed by atoms with E-state index in [9.17, 15) is 0 Å². The van der Waals surface area contributed by atoms with Crippen molar-refractivity contribution in [3.63, 3.8) is 0 Å². The Bertz CT molecular complexity index is 250. The molecule has 92 valence electrons. The van der Waals surface area contributed by atoms with Gasteiger partial charge in [0.15, 0.2) is 0 Å². The monoisotopic (exact) mass is 221 g/mol. The molecule has 1 nitrogen and oxygen atoms in total. The zero-order valence-corrected chi connectivity index (χ0v) is 11.0. The molecule has 1 spiro atoms. The molecule has 16 heavy (non-hydrogen) atoms. The molecule has 1 aliphatic heterocycles. The van der Waals surface area contributed by atoms with Gasteiger partial charge in [-0.2, -0.15) is 0 Å². The van der Waals surface area contributed by atoms with E-state index in [2.05, 4.69) is 19.2 Å². The van der Waals surface area contributed by atoms with Crippen LogP contribution in [-0.4, -0.2) is 12.1 Å². The lowest BCUT2D eigenvalue weighted by Gasteiger charge is -2.57. The molecule has 1 heterocycles. The summed E-state index contributed by atoms with van der Waals surface area (Å²) in [6.45, 7) is 6.28. The van der Waals surface area contributed by atoms with Gasteiger partial charge in [-0.1, -0.05) is 20.3 Å². The van der Waals surface area contributed by atoms with E-state index < -0.39 is 0 Å². The Morgan fingerprint density at radius 2 is 1.88 bits per heavy atom. The van der Waals surface area contributed by atoms with Crippen LogP contribution in [0.3, 0.4) is 0 Å². The molecule has 3 aliphatic rings. The Morgan fingerprint density at radius 3 is 2.62 bits per heavy atom. The molecule has 0 aromatic carbocycles. The number of hydrogen-bond acceptors (Lipinski definition) is 1. The zero-order chi connectivity index (χ0) is 11.2. The van der Waals surface area contributed by atoms with Crippen LogP contribution in [0.1, 0.15) is 58.8 Å². The van der Waals surface area contributed by atoms with E-state index in [1.54, 1.807) is 0 Å². The molecule has 2 bridgehead atoms. The van der Waals surface area contributed by atoms with Crippen LogP contribution in [0.5, 0.6) is 0 Å². The average Bonchev–Trinajstić information content (AvgIpc) is 2.27. The molecule has 0 aromatic rings. The van der Waals surface area contributed by atoms with Gasteiger partial charge in [-0.15, -0.1) is 0 Å². The van der Waals surface area contributed by atoms with Gasteiger partial charge < -0.3 is 5.32 Å². The molecule has 3 fully saturated rings. The molecule has 1 N–H and O–H groups in total. The van der Waals surface area contributed by atoms with Crippen molar-refractivity contribution in [3.05, 3.63) is 0 Å². The lowest BCUT2D eigenvalue weighted by Crippen LogP contribution is -2.62. The van der Waals surface area contributed by atoms with E-state index in [1.165, 1.54) is 51.5 Å². The first-order valence-corrected chi connectivity index (χ1v) is 7.46. The van der Waals surface area contributed by atoms with Crippen molar-refractivity contribution >= 4 is 0 Å². The molecule has 5 atom stereocenters. The summed E-state index contributed by atoms with van der Waals surface area (Å²) in [7, 11) is 0. The van der Waals surface area contributed by atoms with Crippen LogP contribution >= 0.6 is 0 Å². The second kappa shape index (κ2) is 4.01. The first-order chi connectivity index (χ1) is 7.71. The minimum Gasteiger partial charge on any atom is -0.311 e. The average molecular weight is 221 g/mol. The van der Waals surface area contributed by atoms with E-state index >= 15 is 0 Å². The Labute approximate surface area is 100 Å². The predicted octanol–water partition coefficient (Wildman–Crippen LogP) is 3.59. The van der Waals surface area contributed by atoms with Crippen molar-refractivity contribution in [2.75, 3.05) is 6.54 Å². The molecule has 5 unspecified atom stereocenters. The SMILES string of the molecule is CC1CC2CC(C)C3(CCCCN3)C(C1)C2. The van der Waals surface area contributed by atoms with Gasteiger partial charge in [0, 0.05) is 5.54 Å². The number of rotatable bonds is 0. The summed E-state index contributed by atoms with van der Waals surface area (Å²) in [4.78, 5) is 0. The minimum atomic E-state index is 0.545. The Morgan fingerprint density at radius 1 is 1.00 bits per heavy atom. The standard InChI is InChI=1S/C15H27N/c1-11-7-13-9-12(2)15(14(8-11)10-13)5-3-4-6-16-15/h11-14,16H,3-10H2,1-2H3. The molecular weight excluding hydrogens is 194 g/mol. The topological polar surface area (TPSA) is 12.0 Å². The third kappa shape index (κ3) is 1.63. The summed E-state index contributed by atoms with van der Waals surface area (Å²) in [5.74, 6) is 3.95. The summed E-state index contributed by atoms with van der Waals surface area (Å²) >= 11 is 0. The molecule has 1 saturated heterocycles. The molecule has 0 radical (unpaired) electrons. The fraction of sp³-hybridized carbons (Fsp3) is 1.00. The van der Waals surface area contributed by atoms with Crippen molar-refractivity contribution in [3.8, 4) is 0 Å². The van der Waals surface area contributed by atoms with E-state index in [1.807, 2.05) is 0 Å². The predicted molar refractivity (Wildman–Crippen MR) is 68.4 cm³/mol. The van der Waals surface area contributed by atoms with E-state index in [0.29, 0.717) is 5.54 Å². The van der Waals surface area contributed by atoms with Gasteiger partial charge >= 0.3 is 0 Å². The molecule has 2 saturated carbocycles. The molecule has 3 rings (SSSR count). The summed E-state index contributed by atoms with van der Waals surface area (Å²) in [6.07, 6.45) is 10.4. The summed E-state index contributed by atoms with van der Waals surface area (Å²) in [5.41, 5.74) is 0.545. The van der Waals surface area contributed by atoms with Crippen molar-refractivity contribution in [2.24, 2.45) is 23.7 Å². The highest BCUT2D eigenvalue weighted by molar-refractivity contribution is 5.06. The quantitative estimate of drug-likeness (QED) is 0.659. The molecule has 2 aliphatic carbocycles. The van der Waals surface area contributed by atoms with E-state index in [4.69, 9.17) is 0 Å². The van der Waals surface area contributed by atoms with Gasteiger partial charge in [-0.05, 0) is 68.7 Å². The summed E-state index contributed by atoms with van der Waals surface area (Å²) < 4.78 is 0. The van der Waals surface area contributed by atoms with Crippen LogP contribution in [0.15, 0.2) is 0 Å². The zero-order valence-electron chi connectivity index (χ0n) is 11.0. The van der Waals surface area contributed by atoms with Crippen LogP contribution in [0.2, 0.25) is 0 Å². The third-order valence-electron chi connectivity index (χ3n) is 5.81. The van der Waals surface area contributed by atoms with Gasteiger partial charge in [0.25, 0.3) is 0 Å². The minimum absolute atomic E-state index is 0.545. The first-order valence-electron chi connectivity index (χ1n) is 7.46. The van der Waals surface area contributed by atoms with Crippen molar-refractivity contribution in [1.82, 2.24) is 5.32 Å². The number of hydrogen-bond donors (Lipinski definition) is 1. The maximum Gasteiger partial charge on any atom is 0.0235 e. The number of fused-ring (bicyclic) bond motifs is 3. The van der Waals surface area contributed by atoms with E-state index in [-0.39, 0.29) is 0 Å². The Kier molecular flexibility index (Phi) is 2.78. The van der Waals surface area contributed by atoms with Crippen LogP contribution < -0.4 is 5.32 Å². The first kappa shape index (κ1) is 11.1. The molecule has 0 amide bonds. The largest absolute Gasteiger partial charge is 0.311 e. The van der Waals surface area contributed by atoms with Gasteiger partial charge in [0.1, 0.15) is 0 Å². The highest BCUT2D eigenvalue weighted by Gasteiger charge is 2.50. The molecular formula is C15H27N. The molecule has 0 aromatic heterocycles. The Hall–Kier alpha value is -0.0400. The fourth-order valence-corrected chi connectivity index (χ4v) is 5.19. The van der Waals surface area contributed by atoms with Crippen molar-refractivity contribution < 1.29 is 0 Å².